The second kappa shape index (κ2) is 6.43. The molecule has 0 spiro atoms. The van der Waals surface area contributed by atoms with Gasteiger partial charge < -0.3 is 9.73 Å². The molecule has 2 heterocycles. The number of aromatic amines is 1. The number of alkyl halides is 2. The molecule has 0 bridgehead atoms. The third-order valence-corrected chi connectivity index (χ3v) is 4.98. The number of nitrogens with one attached hydrogen (secondary N) is 2. The van der Waals surface area contributed by atoms with Crippen LogP contribution in [0.15, 0.2) is 44.3 Å². The maximum absolute atomic E-state index is 13.9. The van der Waals surface area contributed by atoms with Gasteiger partial charge in [0.15, 0.2) is 0 Å². The number of carbonyl (C=O) groups excluding carboxylic acids is 1. The average Bonchev–Trinajstić information content (AvgIpc) is 3.14. The number of aromatic nitrogens is 2. The summed E-state index contributed by atoms with van der Waals surface area (Å²) in [4.78, 5) is 40.5. The Labute approximate surface area is 157 Å². The average molecular weight is 389 g/mol. The van der Waals surface area contributed by atoms with E-state index < -0.39 is 29.1 Å². The number of fused-ring (bicyclic) bond motifs is 1. The van der Waals surface area contributed by atoms with Gasteiger partial charge in [0.1, 0.15) is 11.1 Å². The molecule has 1 atom stereocenters. The second-order valence-corrected chi connectivity index (χ2v) is 6.82. The predicted octanol–water partition coefficient (Wildman–Crippen LogP) is 2.50. The van der Waals surface area contributed by atoms with Crippen LogP contribution in [0.4, 0.5) is 8.78 Å². The van der Waals surface area contributed by atoms with Gasteiger partial charge in [0.25, 0.3) is 17.4 Å². The minimum Gasteiger partial charge on any atom is -0.444 e. The van der Waals surface area contributed by atoms with Crippen molar-refractivity contribution < 1.29 is 18.0 Å². The minimum atomic E-state index is -3.00. The van der Waals surface area contributed by atoms with Crippen LogP contribution in [0.1, 0.15) is 35.4 Å². The third kappa shape index (κ3) is 2.83. The van der Waals surface area contributed by atoms with Crippen LogP contribution in [0.5, 0.6) is 0 Å². The summed E-state index contributed by atoms with van der Waals surface area (Å²) in [7, 11) is 0. The standard InChI is InChI=1S/C19H17F2N3O4/c1-10-13(15(25)22-12-8-5-9-19(12,20)21)14-16(28-10)23-18(27)24(17(14)26)11-6-3-2-4-7-11/h2-4,6-7,12H,5,8-9H2,1H3,(H,22,25)(H,23,27). The first-order valence-electron chi connectivity index (χ1n) is 8.82. The number of rotatable bonds is 3. The molecule has 7 nitrogen and oxygen atoms in total. The van der Waals surface area contributed by atoms with Gasteiger partial charge in [-0.1, -0.05) is 18.2 Å². The largest absolute Gasteiger partial charge is 0.444 e. The molecule has 0 saturated heterocycles. The molecule has 1 saturated carbocycles. The van der Waals surface area contributed by atoms with Gasteiger partial charge >= 0.3 is 5.69 Å². The van der Waals surface area contributed by atoms with Gasteiger partial charge in [-0.25, -0.2) is 18.1 Å². The SMILES string of the molecule is Cc1oc2[nH]c(=O)n(-c3ccccc3)c(=O)c2c1C(=O)NC1CCCC1(F)F. The molecule has 0 radical (unpaired) electrons. The van der Waals surface area contributed by atoms with E-state index in [1.54, 1.807) is 30.3 Å². The molecule has 1 aliphatic rings. The van der Waals surface area contributed by atoms with Gasteiger partial charge in [0.05, 0.1) is 17.3 Å². The van der Waals surface area contributed by atoms with E-state index in [0.29, 0.717) is 12.1 Å². The maximum atomic E-state index is 13.9. The van der Waals surface area contributed by atoms with Crippen molar-refractivity contribution in [3.8, 4) is 5.69 Å². The number of hydrogen-bond acceptors (Lipinski definition) is 4. The van der Waals surface area contributed by atoms with E-state index in [-0.39, 0.29) is 35.3 Å². The van der Waals surface area contributed by atoms with Gasteiger partial charge in [0.2, 0.25) is 5.71 Å². The zero-order valence-corrected chi connectivity index (χ0v) is 14.9. The molecule has 28 heavy (non-hydrogen) atoms. The van der Waals surface area contributed by atoms with E-state index in [0.717, 1.165) is 4.57 Å². The highest BCUT2D eigenvalue weighted by molar-refractivity contribution is 6.06. The number of amides is 1. The van der Waals surface area contributed by atoms with Crippen LogP contribution in [-0.4, -0.2) is 27.4 Å². The highest BCUT2D eigenvalue weighted by Crippen LogP contribution is 2.35. The summed E-state index contributed by atoms with van der Waals surface area (Å²) in [5.74, 6) is -3.76. The number of furan rings is 1. The summed E-state index contributed by atoms with van der Waals surface area (Å²) < 4.78 is 34.0. The molecule has 3 aromatic rings. The first-order valence-corrected chi connectivity index (χ1v) is 8.82. The van der Waals surface area contributed by atoms with Crippen LogP contribution in [0.3, 0.4) is 0 Å². The van der Waals surface area contributed by atoms with Crippen LogP contribution in [-0.2, 0) is 0 Å². The molecule has 146 valence electrons. The highest BCUT2D eigenvalue weighted by atomic mass is 19.3. The number of hydrogen-bond donors (Lipinski definition) is 2. The summed E-state index contributed by atoms with van der Waals surface area (Å²) in [6, 6.07) is 6.86. The lowest BCUT2D eigenvalue weighted by molar-refractivity contribution is -0.0164. The number of carbonyl (C=O) groups is 1. The molecular weight excluding hydrogens is 372 g/mol. The van der Waals surface area contributed by atoms with Crippen molar-refractivity contribution in [1.82, 2.24) is 14.9 Å². The fourth-order valence-corrected chi connectivity index (χ4v) is 3.61. The van der Waals surface area contributed by atoms with Crippen molar-refractivity contribution in [2.45, 2.75) is 38.2 Å². The van der Waals surface area contributed by atoms with Crippen LogP contribution >= 0.6 is 0 Å². The zero-order chi connectivity index (χ0) is 20.1. The summed E-state index contributed by atoms with van der Waals surface area (Å²) in [6.07, 6.45) is 0.160. The van der Waals surface area contributed by atoms with Gasteiger partial charge in [-0.15, -0.1) is 0 Å². The lowest BCUT2D eigenvalue weighted by Crippen LogP contribution is -2.44. The van der Waals surface area contributed by atoms with Crippen LogP contribution < -0.4 is 16.6 Å². The molecule has 2 aromatic heterocycles. The van der Waals surface area contributed by atoms with Crippen LogP contribution in [0, 0.1) is 6.92 Å². The Morgan fingerprint density at radius 3 is 2.64 bits per heavy atom. The van der Waals surface area contributed by atoms with E-state index in [1.807, 2.05) is 0 Å². The fraction of sp³-hybridized carbons (Fsp3) is 0.316. The van der Waals surface area contributed by atoms with Crippen molar-refractivity contribution in [2.24, 2.45) is 0 Å². The molecule has 1 fully saturated rings. The van der Waals surface area contributed by atoms with Gasteiger partial charge in [-0.05, 0) is 31.9 Å². The van der Waals surface area contributed by atoms with Gasteiger partial charge in [-0.2, -0.15) is 0 Å². The smallest absolute Gasteiger partial charge is 0.335 e. The molecule has 1 amide bonds. The molecule has 2 N–H and O–H groups in total. The lowest BCUT2D eigenvalue weighted by Gasteiger charge is -2.20. The molecule has 9 heteroatoms. The van der Waals surface area contributed by atoms with Gasteiger partial charge in [0, 0.05) is 6.42 Å². The first-order chi connectivity index (χ1) is 13.3. The first kappa shape index (κ1) is 18.1. The van der Waals surface area contributed by atoms with Crippen molar-refractivity contribution in [3.63, 3.8) is 0 Å². The summed E-state index contributed by atoms with van der Waals surface area (Å²) in [5.41, 5.74) is -1.49. The lowest BCUT2D eigenvalue weighted by atomic mass is 10.1. The number of H-pyrrole nitrogens is 1. The Morgan fingerprint density at radius 1 is 1.29 bits per heavy atom. The number of benzene rings is 1. The zero-order valence-electron chi connectivity index (χ0n) is 14.9. The Hall–Kier alpha value is -3.23. The maximum Gasteiger partial charge on any atom is 0.335 e. The predicted molar refractivity (Wildman–Crippen MR) is 97.2 cm³/mol. The topological polar surface area (TPSA) is 97.1 Å². The number of para-hydroxylation sites is 1. The number of halogens is 2. The van der Waals surface area contributed by atoms with E-state index in [1.165, 1.54) is 6.92 Å². The Balaban J connectivity index is 1.86. The quantitative estimate of drug-likeness (QED) is 0.719. The number of nitrogens with zero attached hydrogens (tertiary/aromatic N) is 1. The molecule has 1 aromatic carbocycles. The molecule has 1 aliphatic carbocycles. The summed E-state index contributed by atoms with van der Waals surface area (Å²) >= 11 is 0. The Bertz CT molecular complexity index is 1180. The van der Waals surface area contributed by atoms with E-state index >= 15 is 0 Å². The highest BCUT2D eigenvalue weighted by Gasteiger charge is 2.45. The summed E-state index contributed by atoms with van der Waals surface area (Å²) in [5, 5.41) is 2.16. The molecule has 4 rings (SSSR count). The Kier molecular flexibility index (Phi) is 4.17. The van der Waals surface area contributed by atoms with E-state index in [4.69, 9.17) is 4.42 Å². The Morgan fingerprint density at radius 2 is 2.00 bits per heavy atom. The van der Waals surface area contributed by atoms with E-state index in [2.05, 4.69) is 10.3 Å². The molecule has 1 unspecified atom stereocenters. The monoisotopic (exact) mass is 389 g/mol. The number of aryl methyl sites for hydroxylation is 1. The minimum absolute atomic E-state index is 0.0624. The van der Waals surface area contributed by atoms with Gasteiger partial charge in [-0.3, -0.25) is 14.6 Å². The van der Waals surface area contributed by atoms with Crippen LogP contribution in [0.2, 0.25) is 0 Å². The van der Waals surface area contributed by atoms with Crippen molar-refractivity contribution in [1.29, 1.82) is 0 Å². The van der Waals surface area contributed by atoms with Crippen molar-refractivity contribution in [2.75, 3.05) is 0 Å². The molecular formula is C19H17F2N3O4. The second-order valence-electron chi connectivity index (χ2n) is 6.82. The van der Waals surface area contributed by atoms with Crippen LogP contribution in [0.25, 0.3) is 16.8 Å². The third-order valence-electron chi connectivity index (χ3n) is 4.98. The van der Waals surface area contributed by atoms with Crippen molar-refractivity contribution >= 4 is 17.0 Å². The normalized spacial score (nSPS) is 18.5. The molecule has 0 aliphatic heterocycles. The summed E-state index contributed by atoms with van der Waals surface area (Å²) in [6.45, 7) is 1.44. The van der Waals surface area contributed by atoms with Crippen molar-refractivity contribution in [3.05, 3.63) is 62.5 Å². The fourth-order valence-electron chi connectivity index (χ4n) is 3.61. The van der Waals surface area contributed by atoms with E-state index in [9.17, 15) is 23.2 Å².